The van der Waals surface area contributed by atoms with Crippen LogP contribution in [0.15, 0.2) is 54.1 Å². The molecule has 0 N–H and O–H groups in total. The number of carbonyl (C=O) groups is 1. The van der Waals surface area contributed by atoms with Crippen molar-refractivity contribution in [2.24, 2.45) is 0 Å². The summed E-state index contributed by atoms with van der Waals surface area (Å²) < 4.78 is 30.3. The van der Waals surface area contributed by atoms with Gasteiger partial charge in [-0.15, -0.1) is 0 Å². The average Bonchev–Trinajstić information content (AvgIpc) is 2.80. The number of carbonyl (C=O) groups excluding carboxylic acids is 1. The van der Waals surface area contributed by atoms with E-state index >= 15 is 0 Å². The van der Waals surface area contributed by atoms with Gasteiger partial charge in [0, 0.05) is 18.2 Å². The van der Waals surface area contributed by atoms with E-state index in [1.54, 1.807) is 18.2 Å². The molecule has 2 atom stereocenters. The highest BCUT2D eigenvalue weighted by molar-refractivity contribution is 7.90. The molecule has 2 aromatic carbocycles. The quantitative estimate of drug-likeness (QED) is 0.215. The maximum absolute atomic E-state index is 13.1. The first-order valence-electron chi connectivity index (χ1n) is 13.0. The lowest BCUT2D eigenvalue weighted by atomic mass is 9.82. The third-order valence-corrected chi connectivity index (χ3v) is 7.41. The van der Waals surface area contributed by atoms with Crippen LogP contribution in [0.2, 0.25) is 0 Å². The standard InChI is InChI=1S/C31H44O4S/c1-20(2)26-17-27(21(3)4)31(28(18-26)22(5)6)24(8)35-30(23(7)15-16-36(9,33)34)19-29(32)25-13-11-10-12-14-25/h10-15,17-18,20-22,24,30H,16,19H2,1-9H3/b23-15-/t24-,30-/m0/s1. The van der Waals surface area contributed by atoms with Crippen molar-refractivity contribution in [3.63, 3.8) is 0 Å². The second-order valence-corrected chi connectivity index (χ2v) is 13.1. The molecule has 0 fully saturated rings. The van der Waals surface area contributed by atoms with Gasteiger partial charge in [-0.1, -0.05) is 90.1 Å². The number of rotatable bonds is 12. The zero-order valence-electron chi connectivity index (χ0n) is 23.5. The fourth-order valence-corrected chi connectivity index (χ4v) is 5.00. The Kier molecular flexibility index (Phi) is 10.7. The van der Waals surface area contributed by atoms with Crippen LogP contribution in [0.1, 0.15) is 118 Å². The van der Waals surface area contributed by atoms with E-state index in [1.165, 1.54) is 28.5 Å². The Bertz CT molecular complexity index is 1130. The maximum atomic E-state index is 13.1. The van der Waals surface area contributed by atoms with Crippen LogP contribution in [0.3, 0.4) is 0 Å². The first-order valence-corrected chi connectivity index (χ1v) is 15.0. The summed E-state index contributed by atoms with van der Waals surface area (Å²) in [5, 5.41) is 0. The van der Waals surface area contributed by atoms with Crippen molar-refractivity contribution in [1.82, 2.24) is 0 Å². The second-order valence-electron chi connectivity index (χ2n) is 10.9. The number of Topliss-reactive ketones (excluding diaryl/α,β-unsaturated/α-hetero) is 1. The fourth-order valence-electron chi connectivity index (χ4n) is 4.44. The Balaban J connectivity index is 2.52. The van der Waals surface area contributed by atoms with E-state index < -0.39 is 15.9 Å². The molecule has 0 spiro atoms. The molecule has 5 heteroatoms. The molecule has 198 valence electrons. The monoisotopic (exact) mass is 512 g/mol. The summed E-state index contributed by atoms with van der Waals surface area (Å²) in [7, 11) is -3.18. The van der Waals surface area contributed by atoms with Crippen molar-refractivity contribution < 1.29 is 17.9 Å². The second kappa shape index (κ2) is 12.8. The van der Waals surface area contributed by atoms with Crippen LogP contribution >= 0.6 is 0 Å². The number of hydrogen-bond donors (Lipinski definition) is 0. The van der Waals surface area contributed by atoms with E-state index in [1.807, 2.05) is 32.0 Å². The highest BCUT2D eigenvalue weighted by atomic mass is 32.2. The molecule has 0 unspecified atom stereocenters. The fraction of sp³-hybridized carbons (Fsp3) is 0.516. The summed E-state index contributed by atoms with van der Waals surface area (Å²) in [6, 6.07) is 13.8. The average molecular weight is 513 g/mol. The van der Waals surface area contributed by atoms with Gasteiger partial charge in [0.15, 0.2) is 15.6 Å². The Hall–Kier alpha value is -2.24. The zero-order chi connectivity index (χ0) is 27.2. The van der Waals surface area contributed by atoms with Crippen molar-refractivity contribution in [2.45, 2.75) is 91.8 Å². The smallest absolute Gasteiger partial charge is 0.165 e. The van der Waals surface area contributed by atoms with Crippen LogP contribution in [0, 0.1) is 0 Å². The van der Waals surface area contributed by atoms with E-state index in [0.29, 0.717) is 23.3 Å². The summed E-state index contributed by atoms with van der Waals surface area (Å²) >= 11 is 0. The minimum absolute atomic E-state index is 0.0248. The summed E-state index contributed by atoms with van der Waals surface area (Å²) in [4.78, 5) is 13.1. The molecule has 0 saturated heterocycles. The van der Waals surface area contributed by atoms with Gasteiger partial charge in [-0.25, -0.2) is 8.42 Å². The van der Waals surface area contributed by atoms with Crippen molar-refractivity contribution >= 4 is 15.6 Å². The number of ether oxygens (including phenoxy) is 1. The Morgan fingerprint density at radius 1 is 0.889 bits per heavy atom. The van der Waals surface area contributed by atoms with Gasteiger partial charge in [0.25, 0.3) is 0 Å². The van der Waals surface area contributed by atoms with E-state index in [-0.39, 0.29) is 24.1 Å². The molecule has 0 amide bonds. The van der Waals surface area contributed by atoms with Crippen LogP contribution < -0.4 is 0 Å². The lowest BCUT2D eigenvalue weighted by Gasteiger charge is -2.30. The van der Waals surface area contributed by atoms with Crippen LogP contribution in [0.5, 0.6) is 0 Å². The molecule has 0 aromatic heterocycles. The van der Waals surface area contributed by atoms with Gasteiger partial charge in [-0.05, 0) is 59.4 Å². The zero-order valence-corrected chi connectivity index (χ0v) is 24.3. The Morgan fingerprint density at radius 3 is 1.86 bits per heavy atom. The highest BCUT2D eigenvalue weighted by Crippen LogP contribution is 2.38. The van der Waals surface area contributed by atoms with Gasteiger partial charge < -0.3 is 4.74 Å². The highest BCUT2D eigenvalue weighted by Gasteiger charge is 2.26. The van der Waals surface area contributed by atoms with E-state index in [9.17, 15) is 13.2 Å². The molecule has 0 bridgehead atoms. The number of hydrogen-bond acceptors (Lipinski definition) is 4. The van der Waals surface area contributed by atoms with Gasteiger partial charge in [0.2, 0.25) is 0 Å². The Labute approximate surface area is 219 Å². The molecule has 2 rings (SSSR count). The topological polar surface area (TPSA) is 60.4 Å². The summed E-state index contributed by atoms with van der Waals surface area (Å²) in [6.45, 7) is 17.1. The minimum Gasteiger partial charge on any atom is -0.366 e. The predicted octanol–water partition coefficient (Wildman–Crippen LogP) is 7.77. The van der Waals surface area contributed by atoms with Crippen molar-refractivity contribution in [2.75, 3.05) is 12.0 Å². The third-order valence-electron chi connectivity index (χ3n) is 6.63. The SMILES string of the molecule is C/C(=C/CS(C)(=O)=O)[C@H](CC(=O)c1ccccc1)O[C@@H](C)c1c(C(C)C)cc(C(C)C)cc1C(C)C. The third kappa shape index (κ3) is 8.41. The molecule has 0 aliphatic rings. The van der Waals surface area contributed by atoms with E-state index in [0.717, 1.165) is 5.57 Å². The van der Waals surface area contributed by atoms with Crippen molar-refractivity contribution in [1.29, 1.82) is 0 Å². The molecular weight excluding hydrogens is 468 g/mol. The van der Waals surface area contributed by atoms with Crippen LogP contribution in [0.25, 0.3) is 0 Å². The predicted molar refractivity (Wildman–Crippen MR) is 151 cm³/mol. The Morgan fingerprint density at radius 2 is 1.42 bits per heavy atom. The molecule has 36 heavy (non-hydrogen) atoms. The first-order chi connectivity index (χ1) is 16.7. The molecule has 0 radical (unpaired) electrons. The molecule has 0 heterocycles. The molecule has 4 nitrogen and oxygen atoms in total. The molecule has 0 aliphatic carbocycles. The number of ketones is 1. The molecular formula is C31H44O4S. The minimum atomic E-state index is -3.18. The molecule has 0 aliphatic heterocycles. The number of benzene rings is 2. The molecule has 2 aromatic rings. The van der Waals surface area contributed by atoms with Crippen LogP contribution in [-0.2, 0) is 14.6 Å². The van der Waals surface area contributed by atoms with Gasteiger partial charge in [0.05, 0.1) is 18.0 Å². The summed E-state index contributed by atoms with van der Waals surface area (Å²) in [6.07, 6.45) is 2.25. The maximum Gasteiger partial charge on any atom is 0.165 e. The van der Waals surface area contributed by atoms with Crippen LogP contribution in [0.4, 0.5) is 0 Å². The van der Waals surface area contributed by atoms with Gasteiger partial charge >= 0.3 is 0 Å². The van der Waals surface area contributed by atoms with Gasteiger partial charge in [-0.2, -0.15) is 0 Å². The van der Waals surface area contributed by atoms with Gasteiger partial charge in [-0.3, -0.25) is 4.79 Å². The van der Waals surface area contributed by atoms with E-state index in [2.05, 4.69) is 53.7 Å². The van der Waals surface area contributed by atoms with Crippen molar-refractivity contribution in [3.05, 3.63) is 81.9 Å². The lowest BCUT2D eigenvalue weighted by molar-refractivity contribution is 0.0129. The largest absolute Gasteiger partial charge is 0.366 e. The van der Waals surface area contributed by atoms with E-state index in [4.69, 9.17) is 4.74 Å². The molecule has 0 saturated carbocycles. The van der Waals surface area contributed by atoms with Crippen molar-refractivity contribution in [3.8, 4) is 0 Å². The van der Waals surface area contributed by atoms with Gasteiger partial charge in [0.1, 0.15) is 0 Å². The number of sulfone groups is 1. The summed E-state index contributed by atoms with van der Waals surface area (Å²) in [5.41, 5.74) is 6.41. The first kappa shape index (κ1) is 30.0. The normalized spacial score (nSPS) is 14.5. The van der Waals surface area contributed by atoms with Crippen LogP contribution in [-0.4, -0.2) is 32.3 Å². The lowest BCUT2D eigenvalue weighted by Crippen LogP contribution is -2.23. The summed E-state index contributed by atoms with van der Waals surface area (Å²) in [5.74, 6) is 0.942.